The van der Waals surface area contributed by atoms with Crippen LogP contribution in [-0.2, 0) is 14.3 Å². The van der Waals surface area contributed by atoms with Crippen LogP contribution in [0.2, 0.25) is 0 Å². The maximum absolute atomic E-state index is 11.8. The molecule has 1 rings (SSSR count). The van der Waals surface area contributed by atoms with E-state index in [0.717, 1.165) is 6.08 Å². The number of halogens is 3. The number of hydrogen-bond acceptors (Lipinski definition) is 3. The minimum absolute atomic E-state index is 0.305. The van der Waals surface area contributed by atoms with Gasteiger partial charge in [0, 0.05) is 6.08 Å². The van der Waals surface area contributed by atoms with E-state index in [2.05, 4.69) is 4.74 Å². The van der Waals surface area contributed by atoms with Gasteiger partial charge in [-0.05, 0) is 11.3 Å². The molecule has 0 radical (unpaired) electrons. The Kier molecular flexibility index (Phi) is 4.27. The SMILES string of the molecule is CC1(C)C(/C=C\C(=O)OCCC(F)(F)F)C1C(=O)O. The number of ether oxygens (including phenoxy) is 1. The van der Waals surface area contributed by atoms with Gasteiger partial charge in [-0.1, -0.05) is 19.9 Å². The summed E-state index contributed by atoms with van der Waals surface area (Å²) in [6, 6.07) is 0. The molecule has 0 aromatic heterocycles. The average molecular weight is 280 g/mol. The molecule has 0 spiro atoms. The summed E-state index contributed by atoms with van der Waals surface area (Å²) in [5.41, 5.74) is -0.450. The van der Waals surface area contributed by atoms with Gasteiger partial charge in [0.25, 0.3) is 0 Å². The van der Waals surface area contributed by atoms with Crippen LogP contribution in [0, 0.1) is 17.3 Å². The van der Waals surface area contributed by atoms with Crippen LogP contribution in [0.15, 0.2) is 12.2 Å². The van der Waals surface area contributed by atoms with Gasteiger partial charge in [-0.2, -0.15) is 13.2 Å². The first-order valence-electron chi connectivity index (χ1n) is 5.70. The number of esters is 1. The van der Waals surface area contributed by atoms with E-state index in [9.17, 15) is 22.8 Å². The van der Waals surface area contributed by atoms with Gasteiger partial charge in [0.1, 0.15) is 6.61 Å². The van der Waals surface area contributed by atoms with Gasteiger partial charge in [0.2, 0.25) is 0 Å². The van der Waals surface area contributed by atoms with E-state index in [0.29, 0.717) is 0 Å². The predicted molar refractivity (Wildman–Crippen MR) is 59.2 cm³/mol. The number of rotatable bonds is 5. The number of alkyl halides is 3. The molecule has 2 unspecified atom stereocenters. The van der Waals surface area contributed by atoms with Gasteiger partial charge in [-0.3, -0.25) is 4.79 Å². The molecule has 0 saturated heterocycles. The minimum atomic E-state index is -4.36. The Morgan fingerprint density at radius 1 is 1.37 bits per heavy atom. The molecule has 1 aliphatic rings. The van der Waals surface area contributed by atoms with Crippen molar-refractivity contribution in [3.63, 3.8) is 0 Å². The van der Waals surface area contributed by atoms with E-state index < -0.39 is 42.5 Å². The summed E-state index contributed by atoms with van der Waals surface area (Å²) in [6.45, 7) is 2.76. The quantitative estimate of drug-likeness (QED) is 0.620. The highest BCUT2D eigenvalue weighted by Gasteiger charge is 2.60. The predicted octanol–water partition coefficient (Wildman–Crippen LogP) is 2.40. The molecule has 19 heavy (non-hydrogen) atoms. The normalized spacial score (nSPS) is 25.3. The van der Waals surface area contributed by atoms with Crippen molar-refractivity contribution in [2.75, 3.05) is 6.61 Å². The summed E-state index contributed by atoms with van der Waals surface area (Å²) < 4.78 is 39.8. The highest BCUT2D eigenvalue weighted by atomic mass is 19.4. The van der Waals surface area contributed by atoms with E-state index >= 15 is 0 Å². The van der Waals surface area contributed by atoms with E-state index in [4.69, 9.17) is 5.11 Å². The second-order valence-electron chi connectivity index (χ2n) is 5.05. The zero-order chi connectivity index (χ0) is 14.8. The van der Waals surface area contributed by atoms with Crippen LogP contribution in [0.1, 0.15) is 20.3 Å². The summed E-state index contributed by atoms with van der Waals surface area (Å²) in [5.74, 6) is -2.73. The van der Waals surface area contributed by atoms with Crippen LogP contribution in [0.5, 0.6) is 0 Å². The van der Waals surface area contributed by atoms with Crippen molar-refractivity contribution in [3.8, 4) is 0 Å². The van der Waals surface area contributed by atoms with Crippen molar-refractivity contribution < 1.29 is 32.6 Å². The van der Waals surface area contributed by atoms with Crippen molar-refractivity contribution in [2.24, 2.45) is 17.3 Å². The fourth-order valence-corrected chi connectivity index (χ4v) is 2.01. The van der Waals surface area contributed by atoms with Crippen molar-refractivity contribution >= 4 is 11.9 Å². The van der Waals surface area contributed by atoms with E-state index in [1.54, 1.807) is 13.8 Å². The van der Waals surface area contributed by atoms with Crippen LogP contribution in [0.25, 0.3) is 0 Å². The Bertz CT molecular complexity index is 398. The highest BCUT2D eigenvalue weighted by molar-refractivity contribution is 5.83. The molecule has 1 saturated carbocycles. The number of carbonyl (C=O) groups excluding carboxylic acids is 1. The Hall–Kier alpha value is -1.53. The lowest BCUT2D eigenvalue weighted by atomic mass is 10.1. The monoisotopic (exact) mass is 280 g/mol. The molecular formula is C12H15F3O4. The van der Waals surface area contributed by atoms with Gasteiger partial charge < -0.3 is 9.84 Å². The lowest BCUT2D eigenvalue weighted by Gasteiger charge is -2.05. The number of aliphatic carboxylic acids is 1. The third kappa shape index (κ3) is 4.25. The first-order valence-corrected chi connectivity index (χ1v) is 5.70. The summed E-state index contributed by atoms with van der Waals surface area (Å²) in [6.07, 6.45) is -3.18. The molecule has 1 aliphatic carbocycles. The molecule has 0 aromatic carbocycles. The van der Waals surface area contributed by atoms with Gasteiger partial charge in [0.15, 0.2) is 0 Å². The van der Waals surface area contributed by atoms with Crippen LogP contribution in [0.4, 0.5) is 13.2 Å². The lowest BCUT2D eigenvalue weighted by molar-refractivity contribution is -0.155. The largest absolute Gasteiger partial charge is 0.481 e. The standard InChI is InChI=1S/C12H15F3O4/c1-11(2)7(9(11)10(17)18)3-4-8(16)19-6-5-12(13,14)15/h3-4,7,9H,5-6H2,1-2H3,(H,17,18)/b4-3-. The average Bonchev–Trinajstić information content (AvgIpc) is 2.75. The van der Waals surface area contributed by atoms with Crippen molar-refractivity contribution in [2.45, 2.75) is 26.4 Å². The molecule has 0 bridgehead atoms. The zero-order valence-electron chi connectivity index (χ0n) is 10.5. The van der Waals surface area contributed by atoms with E-state index in [1.165, 1.54) is 6.08 Å². The molecule has 0 aliphatic heterocycles. The third-order valence-corrected chi connectivity index (χ3v) is 3.25. The molecule has 1 N–H and O–H groups in total. The Balaban J connectivity index is 2.38. The molecule has 0 aromatic rings. The van der Waals surface area contributed by atoms with E-state index in [1.807, 2.05) is 0 Å². The number of allylic oxidation sites excluding steroid dienone is 1. The van der Waals surface area contributed by atoms with Crippen molar-refractivity contribution in [1.29, 1.82) is 0 Å². The molecule has 0 amide bonds. The van der Waals surface area contributed by atoms with Gasteiger partial charge in [-0.25, -0.2) is 4.79 Å². The molecule has 4 nitrogen and oxygen atoms in total. The first kappa shape index (κ1) is 15.5. The number of carbonyl (C=O) groups is 2. The fourth-order valence-electron chi connectivity index (χ4n) is 2.01. The summed E-state index contributed by atoms with van der Waals surface area (Å²) >= 11 is 0. The molecule has 1 fully saturated rings. The number of carboxylic acid groups (broad SMARTS) is 1. The molecule has 108 valence electrons. The third-order valence-electron chi connectivity index (χ3n) is 3.25. The maximum Gasteiger partial charge on any atom is 0.392 e. The lowest BCUT2D eigenvalue weighted by Crippen LogP contribution is -2.13. The number of hydrogen-bond donors (Lipinski definition) is 1. The first-order chi connectivity index (χ1) is 8.55. The summed E-state index contributed by atoms with van der Waals surface area (Å²) in [5, 5.41) is 8.88. The van der Waals surface area contributed by atoms with Gasteiger partial charge in [-0.15, -0.1) is 0 Å². The number of carboxylic acids is 1. The summed E-state index contributed by atoms with van der Waals surface area (Å²) in [7, 11) is 0. The van der Waals surface area contributed by atoms with Crippen molar-refractivity contribution in [3.05, 3.63) is 12.2 Å². The Labute approximate surface area is 108 Å². The van der Waals surface area contributed by atoms with Crippen LogP contribution < -0.4 is 0 Å². The van der Waals surface area contributed by atoms with E-state index in [-0.39, 0.29) is 5.92 Å². The summed E-state index contributed by atoms with van der Waals surface area (Å²) in [4.78, 5) is 22.0. The highest BCUT2D eigenvalue weighted by Crippen LogP contribution is 2.58. The molecule has 7 heteroatoms. The molecule has 2 atom stereocenters. The Morgan fingerprint density at radius 2 is 1.95 bits per heavy atom. The minimum Gasteiger partial charge on any atom is -0.481 e. The second-order valence-corrected chi connectivity index (χ2v) is 5.05. The molecular weight excluding hydrogens is 265 g/mol. The van der Waals surface area contributed by atoms with Crippen LogP contribution in [-0.4, -0.2) is 29.8 Å². The zero-order valence-corrected chi connectivity index (χ0v) is 10.5. The molecule has 0 heterocycles. The van der Waals surface area contributed by atoms with Crippen LogP contribution >= 0.6 is 0 Å². The topological polar surface area (TPSA) is 63.6 Å². The van der Waals surface area contributed by atoms with Gasteiger partial charge >= 0.3 is 18.1 Å². The Morgan fingerprint density at radius 3 is 2.37 bits per heavy atom. The maximum atomic E-state index is 11.8. The van der Waals surface area contributed by atoms with Crippen molar-refractivity contribution in [1.82, 2.24) is 0 Å². The smallest absolute Gasteiger partial charge is 0.392 e. The fraction of sp³-hybridized carbons (Fsp3) is 0.667. The second kappa shape index (κ2) is 5.22. The van der Waals surface area contributed by atoms with Crippen LogP contribution in [0.3, 0.4) is 0 Å². The van der Waals surface area contributed by atoms with Gasteiger partial charge in [0.05, 0.1) is 12.3 Å².